The molecular weight excluding hydrogens is 314 g/mol. The molecule has 0 amide bonds. The maximum absolute atomic E-state index is 12.1. The van der Waals surface area contributed by atoms with Gasteiger partial charge < -0.3 is 10.7 Å². The standard InChI is InChI=1S/C15H17N5O2S/c16-14-4-2-1-3-12(14)10-20-23(21,22)19-9-11-5-7-17-15-13(11)6-8-18-15/h1-8,19-20H,9-10,16H2,(H,17,18). The topological polar surface area (TPSA) is 113 Å². The molecule has 120 valence electrons. The van der Waals surface area contributed by atoms with Crippen molar-refractivity contribution < 1.29 is 8.42 Å². The van der Waals surface area contributed by atoms with E-state index in [-0.39, 0.29) is 13.1 Å². The zero-order valence-electron chi connectivity index (χ0n) is 12.3. The van der Waals surface area contributed by atoms with Crippen molar-refractivity contribution in [2.45, 2.75) is 13.1 Å². The molecule has 2 aromatic heterocycles. The Kier molecular flexibility index (Phi) is 4.28. The van der Waals surface area contributed by atoms with Gasteiger partial charge in [0.05, 0.1) is 0 Å². The minimum atomic E-state index is -3.63. The molecule has 3 aromatic rings. The normalized spacial score (nSPS) is 11.8. The number of aromatic nitrogens is 2. The summed E-state index contributed by atoms with van der Waals surface area (Å²) in [7, 11) is -3.63. The van der Waals surface area contributed by atoms with E-state index in [4.69, 9.17) is 5.73 Å². The van der Waals surface area contributed by atoms with Crippen molar-refractivity contribution in [3.8, 4) is 0 Å². The number of nitrogens with two attached hydrogens (primary N) is 1. The lowest BCUT2D eigenvalue weighted by atomic mass is 10.2. The van der Waals surface area contributed by atoms with Crippen molar-refractivity contribution in [1.29, 1.82) is 0 Å². The molecule has 5 N–H and O–H groups in total. The van der Waals surface area contributed by atoms with Gasteiger partial charge in [0.2, 0.25) is 0 Å². The van der Waals surface area contributed by atoms with Crippen molar-refractivity contribution in [1.82, 2.24) is 19.4 Å². The molecule has 1 aromatic carbocycles. The zero-order chi connectivity index (χ0) is 16.3. The van der Waals surface area contributed by atoms with E-state index in [2.05, 4.69) is 19.4 Å². The molecule has 3 rings (SSSR count). The molecule has 0 saturated heterocycles. The van der Waals surface area contributed by atoms with Gasteiger partial charge in [-0.05, 0) is 29.3 Å². The number of para-hydroxylation sites is 1. The highest BCUT2D eigenvalue weighted by atomic mass is 32.2. The number of pyridine rings is 1. The Balaban J connectivity index is 1.65. The number of nitrogens with one attached hydrogen (secondary N) is 3. The third-order valence-corrected chi connectivity index (χ3v) is 4.56. The number of H-pyrrole nitrogens is 1. The van der Waals surface area contributed by atoms with Gasteiger partial charge in [-0.25, -0.2) is 4.98 Å². The van der Waals surface area contributed by atoms with E-state index in [1.807, 2.05) is 12.1 Å². The van der Waals surface area contributed by atoms with E-state index in [9.17, 15) is 8.42 Å². The number of aromatic amines is 1. The SMILES string of the molecule is Nc1ccccc1CNS(=O)(=O)NCc1ccnc2[nH]ccc12. The first-order chi connectivity index (χ1) is 11.1. The third-order valence-electron chi connectivity index (χ3n) is 3.51. The second kappa shape index (κ2) is 6.37. The van der Waals surface area contributed by atoms with Crippen LogP contribution in [-0.2, 0) is 23.3 Å². The highest BCUT2D eigenvalue weighted by molar-refractivity contribution is 7.87. The molecule has 7 nitrogen and oxygen atoms in total. The van der Waals surface area contributed by atoms with Crippen molar-refractivity contribution in [2.75, 3.05) is 5.73 Å². The van der Waals surface area contributed by atoms with Crippen molar-refractivity contribution in [3.63, 3.8) is 0 Å². The summed E-state index contributed by atoms with van der Waals surface area (Å²) >= 11 is 0. The summed E-state index contributed by atoms with van der Waals surface area (Å²) in [6.07, 6.45) is 3.41. The molecule has 0 fully saturated rings. The lowest BCUT2D eigenvalue weighted by molar-refractivity contribution is 0.566. The zero-order valence-corrected chi connectivity index (χ0v) is 13.1. The predicted octanol–water partition coefficient (Wildman–Crippen LogP) is 1.27. The van der Waals surface area contributed by atoms with Crippen LogP contribution < -0.4 is 15.2 Å². The number of anilines is 1. The van der Waals surface area contributed by atoms with Gasteiger partial charge in [-0.2, -0.15) is 17.9 Å². The number of benzene rings is 1. The maximum atomic E-state index is 12.1. The van der Waals surface area contributed by atoms with Crippen LogP contribution in [0.3, 0.4) is 0 Å². The maximum Gasteiger partial charge on any atom is 0.277 e. The predicted molar refractivity (Wildman–Crippen MR) is 89.5 cm³/mol. The van der Waals surface area contributed by atoms with Crippen LogP contribution in [-0.4, -0.2) is 18.4 Å². The highest BCUT2D eigenvalue weighted by Crippen LogP contribution is 2.15. The molecule has 0 bridgehead atoms. The Morgan fingerprint density at radius 3 is 2.57 bits per heavy atom. The van der Waals surface area contributed by atoms with E-state index in [0.717, 1.165) is 22.2 Å². The lowest BCUT2D eigenvalue weighted by Gasteiger charge is -2.10. The average Bonchev–Trinajstić information content (AvgIpc) is 3.01. The second-order valence-electron chi connectivity index (χ2n) is 5.05. The quantitative estimate of drug-likeness (QED) is 0.509. The van der Waals surface area contributed by atoms with Crippen LogP contribution in [0.1, 0.15) is 11.1 Å². The molecular formula is C15H17N5O2S. The van der Waals surface area contributed by atoms with Crippen molar-refractivity contribution in [2.24, 2.45) is 0 Å². The molecule has 0 aliphatic rings. The van der Waals surface area contributed by atoms with Gasteiger partial charge in [-0.1, -0.05) is 18.2 Å². The Bertz CT molecular complexity index is 920. The van der Waals surface area contributed by atoms with Gasteiger partial charge in [-0.3, -0.25) is 0 Å². The molecule has 0 atom stereocenters. The van der Waals surface area contributed by atoms with Crippen LogP contribution in [0.25, 0.3) is 11.0 Å². The Morgan fingerprint density at radius 1 is 1.04 bits per heavy atom. The fourth-order valence-electron chi connectivity index (χ4n) is 2.26. The molecule has 0 radical (unpaired) electrons. The summed E-state index contributed by atoms with van der Waals surface area (Å²) in [6.45, 7) is 0.314. The van der Waals surface area contributed by atoms with E-state index >= 15 is 0 Å². The van der Waals surface area contributed by atoms with Gasteiger partial charge in [-0.15, -0.1) is 0 Å². The third kappa shape index (κ3) is 3.67. The number of hydrogen-bond donors (Lipinski definition) is 4. The van der Waals surface area contributed by atoms with Crippen molar-refractivity contribution >= 4 is 26.9 Å². The van der Waals surface area contributed by atoms with Crippen LogP contribution in [0.2, 0.25) is 0 Å². The monoisotopic (exact) mass is 331 g/mol. The van der Waals surface area contributed by atoms with E-state index in [0.29, 0.717) is 5.69 Å². The van der Waals surface area contributed by atoms with Crippen LogP contribution in [0.5, 0.6) is 0 Å². The summed E-state index contributed by atoms with van der Waals surface area (Å²) in [5.41, 5.74) is 8.66. The minimum Gasteiger partial charge on any atom is -0.398 e. The number of rotatable bonds is 6. The van der Waals surface area contributed by atoms with E-state index < -0.39 is 10.2 Å². The number of nitrogen functional groups attached to an aromatic ring is 1. The lowest BCUT2D eigenvalue weighted by Crippen LogP contribution is -2.35. The van der Waals surface area contributed by atoms with Crippen LogP contribution >= 0.6 is 0 Å². The molecule has 0 saturated carbocycles. The first kappa shape index (κ1) is 15.5. The number of hydrogen-bond acceptors (Lipinski definition) is 4. The summed E-state index contributed by atoms with van der Waals surface area (Å²) in [5.74, 6) is 0. The number of nitrogens with zero attached hydrogens (tertiary/aromatic N) is 1. The van der Waals surface area contributed by atoms with E-state index in [1.54, 1.807) is 36.7 Å². The first-order valence-electron chi connectivity index (χ1n) is 7.04. The molecule has 0 aliphatic carbocycles. The Hall–Kier alpha value is -2.42. The fourth-order valence-corrected chi connectivity index (χ4v) is 3.06. The van der Waals surface area contributed by atoms with Gasteiger partial charge in [0.1, 0.15) is 5.65 Å². The first-order valence-corrected chi connectivity index (χ1v) is 8.52. The van der Waals surface area contributed by atoms with E-state index in [1.165, 1.54) is 0 Å². The summed E-state index contributed by atoms with van der Waals surface area (Å²) < 4.78 is 29.2. The molecule has 8 heteroatoms. The van der Waals surface area contributed by atoms with Gasteiger partial charge >= 0.3 is 0 Å². The molecule has 2 heterocycles. The largest absolute Gasteiger partial charge is 0.398 e. The Morgan fingerprint density at radius 2 is 1.78 bits per heavy atom. The molecule has 0 aliphatic heterocycles. The molecule has 23 heavy (non-hydrogen) atoms. The van der Waals surface area contributed by atoms with Gasteiger partial charge in [0.15, 0.2) is 0 Å². The highest BCUT2D eigenvalue weighted by Gasteiger charge is 2.11. The summed E-state index contributed by atoms with van der Waals surface area (Å²) in [5, 5.41) is 0.891. The number of fused-ring (bicyclic) bond motifs is 1. The van der Waals surface area contributed by atoms with Crippen LogP contribution in [0, 0.1) is 0 Å². The summed E-state index contributed by atoms with van der Waals surface area (Å²) in [4.78, 5) is 7.16. The van der Waals surface area contributed by atoms with Gasteiger partial charge in [0.25, 0.3) is 10.2 Å². The van der Waals surface area contributed by atoms with Crippen LogP contribution in [0.4, 0.5) is 5.69 Å². The van der Waals surface area contributed by atoms with Crippen molar-refractivity contribution in [3.05, 3.63) is 59.9 Å². The fraction of sp³-hybridized carbons (Fsp3) is 0.133. The second-order valence-corrected chi connectivity index (χ2v) is 6.64. The summed E-state index contributed by atoms with van der Waals surface area (Å²) in [6, 6.07) is 10.8. The smallest absolute Gasteiger partial charge is 0.277 e. The van der Waals surface area contributed by atoms with Gasteiger partial charge in [0, 0.05) is 36.6 Å². The minimum absolute atomic E-state index is 0.137. The molecule has 0 spiro atoms. The molecule has 0 unspecified atom stereocenters. The average molecular weight is 331 g/mol. The van der Waals surface area contributed by atoms with Crippen LogP contribution in [0.15, 0.2) is 48.8 Å². The Labute approximate surface area is 134 Å².